The van der Waals surface area contributed by atoms with Crippen LogP contribution in [0, 0.1) is 12.7 Å². The molecule has 0 spiro atoms. The summed E-state index contributed by atoms with van der Waals surface area (Å²) in [6.45, 7) is 8.46. The third-order valence-electron chi connectivity index (χ3n) is 4.24. The van der Waals surface area contributed by atoms with Crippen molar-refractivity contribution in [2.75, 3.05) is 11.9 Å². The Morgan fingerprint density at radius 1 is 1.11 bits per heavy atom. The smallest absolute Gasteiger partial charge is 0.296 e. The topological polar surface area (TPSA) is 84.2 Å². The maximum Gasteiger partial charge on any atom is 0.296 e. The molecule has 2 N–H and O–H groups in total. The van der Waals surface area contributed by atoms with Gasteiger partial charge in [0.25, 0.3) is 11.7 Å². The maximum absolute atomic E-state index is 13.0. The molecule has 1 amide bonds. The van der Waals surface area contributed by atoms with Crippen LogP contribution in [0.1, 0.15) is 48.7 Å². The number of rotatable bonds is 6. The van der Waals surface area contributed by atoms with Crippen LogP contribution >= 0.6 is 23.2 Å². The fourth-order valence-corrected chi connectivity index (χ4v) is 3.14. The van der Waals surface area contributed by atoms with Crippen molar-refractivity contribution < 1.29 is 19.1 Å². The van der Waals surface area contributed by atoms with Crippen LogP contribution in [0.5, 0.6) is 0 Å². The number of aryl methyl sites for hydroxylation is 1. The summed E-state index contributed by atoms with van der Waals surface area (Å²) >= 11 is 11.9. The van der Waals surface area contributed by atoms with E-state index in [1.165, 1.54) is 30.9 Å². The van der Waals surface area contributed by atoms with Crippen molar-refractivity contribution in [1.29, 1.82) is 0 Å². The second-order valence-electron chi connectivity index (χ2n) is 7.37. The highest BCUT2D eigenvalue weighted by Crippen LogP contribution is 2.28. The monoisotopic (exact) mass is 521 g/mol. The van der Waals surface area contributed by atoms with Crippen molar-refractivity contribution in [3.05, 3.63) is 93.8 Å². The molecule has 0 saturated carbocycles. The molecule has 0 saturated heterocycles. The average Bonchev–Trinajstić information content (AvgIpc) is 3.18. The summed E-state index contributed by atoms with van der Waals surface area (Å²) in [7, 11) is 0. The first-order valence-electron chi connectivity index (χ1n) is 11.0. The van der Waals surface area contributed by atoms with Crippen LogP contribution in [0.3, 0.4) is 0 Å². The van der Waals surface area contributed by atoms with E-state index in [4.69, 9.17) is 28.3 Å². The molecule has 188 valence electrons. The lowest BCUT2D eigenvalue weighted by molar-refractivity contribution is -0.112. The van der Waals surface area contributed by atoms with Gasteiger partial charge >= 0.3 is 0 Å². The number of amides is 1. The molecule has 9 heteroatoms. The Bertz CT molecular complexity index is 1110. The number of carbonyl (C=O) groups excluding carboxylic acids is 2. The van der Waals surface area contributed by atoms with Gasteiger partial charge in [0.1, 0.15) is 5.82 Å². The van der Waals surface area contributed by atoms with E-state index in [-0.39, 0.29) is 33.7 Å². The number of anilines is 1. The molecule has 35 heavy (non-hydrogen) atoms. The summed E-state index contributed by atoms with van der Waals surface area (Å²) in [6.07, 6.45) is 10.7. The van der Waals surface area contributed by atoms with Crippen molar-refractivity contribution in [3.8, 4) is 0 Å². The van der Waals surface area contributed by atoms with Crippen LogP contribution in [0.2, 0.25) is 10.0 Å². The quantitative estimate of drug-likeness (QED) is 0.221. The number of hydrogen-bond donors (Lipinski definition) is 2. The van der Waals surface area contributed by atoms with Crippen molar-refractivity contribution in [2.24, 2.45) is 0 Å². The van der Waals surface area contributed by atoms with E-state index >= 15 is 0 Å². The van der Waals surface area contributed by atoms with Crippen molar-refractivity contribution in [2.45, 2.75) is 40.7 Å². The zero-order valence-electron chi connectivity index (χ0n) is 20.2. The van der Waals surface area contributed by atoms with Gasteiger partial charge in [-0.15, -0.1) is 0 Å². The largest absolute Gasteiger partial charge is 0.392 e. The van der Waals surface area contributed by atoms with Gasteiger partial charge in [0.2, 0.25) is 0 Å². The lowest BCUT2D eigenvalue weighted by Gasteiger charge is -2.07. The molecule has 1 aromatic carbocycles. The standard InChI is InChI=1S/C19H14Cl2FN3O2.C4H8O.C3H8/c1-11-8-25(9-12-2-4-13(22)5-3-12)10-14(11)18(26)19(27)24-17-15(20)6-23-7-16(17)21;1-2-3-4-5;1-3-2/h2-8,10H,9H2,1H3,(H,23,24,27);2-3,5H,4H2,1H3;3H2,1-2H3/b;3-2-;. The van der Waals surface area contributed by atoms with Crippen molar-refractivity contribution in [1.82, 2.24) is 9.55 Å². The number of benzene rings is 1. The number of nitrogens with zero attached hydrogens (tertiary/aromatic N) is 2. The van der Waals surface area contributed by atoms with Gasteiger partial charge in [0, 0.05) is 36.9 Å². The van der Waals surface area contributed by atoms with E-state index in [1.54, 1.807) is 48.2 Å². The second-order valence-corrected chi connectivity index (χ2v) is 8.19. The number of halogens is 3. The third kappa shape index (κ3) is 10.0. The molecular weight excluding hydrogens is 492 g/mol. The minimum atomic E-state index is -0.854. The summed E-state index contributed by atoms with van der Waals surface area (Å²) in [4.78, 5) is 28.6. The summed E-state index contributed by atoms with van der Waals surface area (Å²) in [6, 6.07) is 6.05. The lowest BCUT2D eigenvalue weighted by atomic mass is 10.1. The fraction of sp³-hybridized carbons (Fsp3) is 0.269. The fourth-order valence-electron chi connectivity index (χ4n) is 2.68. The molecule has 0 atom stereocenters. The van der Waals surface area contributed by atoms with E-state index in [0.717, 1.165) is 5.56 Å². The number of hydrogen-bond acceptors (Lipinski definition) is 4. The predicted octanol–water partition coefficient (Wildman–Crippen LogP) is 6.48. The molecule has 0 fully saturated rings. The Labute approximate surface area is 215 Å². The number of aliphatic hydroxyl groups is 1. The van der Waals surface area contributed by atoms with Gasteiger partial charge in [-0.1, -0.05) is 67.8 Å². The molecule has 0 unspecified atom stereocenters. The molecule has 0 bridgehead atoms. The molecule has 0 aliphatic carbocycles. The first-order chi connectivity index (χ1) is 16.7. The van der Waals surface area contributed by atoms with E-state index in [1.807, 2.05) is 6.92 Å². The van der Waals surface area contributed by atoms with E-state index < -0.39 is 11.7 Å². The van der Waals surface area contributed by atoms with Gasteiger partial charge in [-0.3, -0.25) is 14.6 Å². The van der Waals surface area contributed by atoms with Gasteiger partial charge in [-0.05, 0) is 37.1 Å². The molecule has 0 aliphatic heterocycles. The first kappa shape index (κ1) is 30.0. The van der Waals surface area contributed by atoms with E-state index in [2.05, 4.69) is 24.1 Å². The minimum absolute atomic E-state index is 0.134. The minimum Gasteiger partial charge on any atom is -0.392 e. The van der Waals surface area contributed by atoms with Crippen molar-refractivity contribution >= 4 is 40.6 Å². The highest BCUT2D eigenvalue weighted by Gasteiger charge is 2.22. The van der Waals surface area contributed by atoms with Crippen LogP contribution in [0.4, 0.5) is 10.1 Å². The van der Waals surface area contributed by atoms with Gasteiger partial charge in [0.15, 0.2) is 0 Å². The molecule has 3 rings (SSSR count). The zero-order valence-corrected chi connectivity index (χ0v) is 21.7. The number of aliphatic hydroxyl groups excluding tert-OH is 1. The normalized spacial score (nSPS) is 10.2. The Morgan fingerprint density at radius 3 is 2.17 bits per heavy atom. The molecular formula is C26H30Cl2FN3O3. The third-order valence-corrected chi connectivity index (χ3v) is 4.81. The number of aromatic nitrogens is 2. The van der Waals surface area contributed by atoms with Crippen LogP contribution in [-0.4, -0.2) is 33.0 Å². The van der Waals surface area contributed by atoms with Crippen LogP contribution < -0.4 is 5.32 Å². The van der Waals surface area contributed by atoms with Crippen molar-refractivity contribution in [3.63, 3.8) is 0 Å². The second kappa shape index (κ2) is 15.8. The summed E-state index contributed by atoms with van der Waals surface area (Å²) in [5, 5.41) is 10.7. The van der Waals surface area contributed by atoms with Crippen LogP contribution in [-0.2, 0) is 11.3 Å². The zero-order chi connectivity index (χ0) is 26.4. The number of Topliss-reactive ketones (excluding diaryl/α,β-unsaturated/α-hetero) is 1. The summed E-state index contributed by atoms with van der Waals surface area (Å²) < 4.78 is 14.8. The number of allylic oxidation sites excluding steroid dienone is 1. The van der Waals surface area contributed by atoms with Gasteiger partial charge < -0.3 is 15.0 Å². The molecule has 6 nitrogen and oxygen atoms in total. The average molecular weight is 522 g/mol. The van der Waals surface area contributed by atoms with Crippen LogP contribution in [0.15, 0.2) is 61.2 Å². The molecule has 2 aromatic heterocycles. The predicted molar refractivity (Wildman–Crippen MR) is 140 cm³/mol. The van der Waals surface area contributed by atoms with E-state index in [0.29, 0.717) is 12.1 Å². The molecule has 0 radical (unpaired) electrons. The SMILES string of the molecule is C/C=C\CO.CCC.Cc1cn(Cc2ccc(F)cc2)cc1C(=O)C(=O)Nc1c(Cl)cncc1Cl. The highest BCUT2D eigenvalue weighted by atomic mass is 35.5. The number of ketones is 1. The van der Waals surface area contributed by atoms with Gasteiger partial charge in [-0.25, -0.2) is 4.39 Å². The Morgan fingerprint density at radius 2 is 1.69 bits per heavy atom. The number of nitrogens with one attached hydrogen (secondary N) is 1. The van der Waals surface area contributed by atoms with Crippen LogP contribution in [0.25, 0.3) is 0 Å². The molecule has 0 aliphatic rings. The Kier molecular flexibility index (Phi) is 13.6. The Balaban J connectivity index is 0.000000669. The van der Waals surface area contributed by atoms with Gasteiger partial charge in [-0.2, -0.15) is 0 Å². The summed E-state index contributed by atoms with van der Waals surface area (Å²) in [5.74, 6) is -1.88. The lowest BCUT2D eigenvalue weighted by Crippen LogP contribution is -2.23. The molecule has 2 heterocycles. The highest BCUT2D eigenvalue weighted by molar-refractivity contribution is 6.48. The Hall–Kier alpha value is -3.00. The number of pyridine rings is 1. The maximum atomic E-state index is 13.0. The number of carbonyl (C=O) groups is 2. The summed E-state index contributed by atoms with van der Waals surface area (Å²) in [5.41, 5.74) is 1.90. The van der Waals surface area contributed by atoms with Gasteiger partial charge in [0.05, 0.1) is 22.3 Å². The first-order valence-corrected chi connectivity index (χ1v) is 11.7. The van der Waals surface area contributed by atoms with E-state index in [9.17, 15) is 14.0 Å². The molecule has 3 aromatic rings.